The third-order valence-electron chi connectivity index (χ3n) is 3.01. The van der Waals surface area contributed by atoms with Crippen molar-refractivity contribution in [3.63, 3.8) is 0 Å². The van der Waals surface area contributed by atoms with Gasteiger partial charge in [0.05, 0.1) is 0 Å². The van der Waals surface area contributed by atoms with Crippen LogP contribution in [0.15, 0.2) is 43.1 Å². The lowest BCUT2D eigenvalue weighted by molar-refractivity contribution is 0.663. The number of hydrogen-bond acceptors (Lipinski definition) is 1. The zero-order valence-electron chi connectivity index (χ0n) is 10.1. The molecule has 1 heterocycles. The highest BCUT2D eigenvalue weighted by molar-refractivity contribution is 5.85. The summed E-state index contributed by atoms with van der Waals surface area (Å²) in [6.07, 6.45) is 5.98. The van der Waals surface area contributed by atoms with E-state index in [1.165, 1.54) is 16.5 Å². The molecule has 0 spiro atoms. The average molecular weight is 251 g/mol. The summed E-state index contributed by atoms with van der Waals surface area (Å²) in [6.45, 7) is 3.73. The first-order chi connectivity index (χ1) is 7.74. The molecule has 1 aromatic carbocycles. The number of fused-ring (bicyclic) bond motifs is 1. The minimum absolute atomic E-state index is 0. The smallest absolute Gasteiger partial charge is 0.0481 e. The fraction of sp³-hybridized carbons (Fsp3) is 0.286. The molecule has 0 amide bonds. The molecule has 1 aromatic heterocycles. The molecule has 0 aliphatic heterocycles. The molecule has 0 aliphatic rings. The van der Waals surface area contributed by atoms with Crippen molar-refractivity contribution in [2.45, 2.75) is 18.9 Å². The van der Waals surface area contributed by atoms with Gasteiger partial charge in [0.2, 0.25) is 0 Å². The molecular weight excluding hydrogens is 232 g/mol. The first-order valence-electron chi connectivity index (χ1n) is 5.64. The van der Waals surface area contributed by atoms with Gasteiger partial charge in [-0.1, -0.05) is 24.3 Å². The minimum atomic E-state index is 0. The molecule has 3 heteroatoms. The summed E-state index contributed by atoms with van der Waals surface area (Å²) >= 11 is 0. The summed E-state index contributed by atoms with van der Waals surface area (Å²) in [4.78, 5) is 0. The number of halogens is 1. The van der Waals surface area contributed by atoms with Crippen molar-refractivity contribution < 1.29 is 0 Å². The van der Waals surface area contributed by atoms with Gasteiger partial charge >= 0.3 is 0 Å². The van der Waals surface area contributed by atoms with E-state index >= 15 is 0 Å². The zero-order valence-corrected chi connectivity index (χ0v) is 10.9. The standard InChI is InChI=1S/C14H18N2.ClH/c1-3-4-8-13(15)12-10-16(2)14-9-6-5-7-11(12)14;/h3,5-7,9-10,13H,1,4,8,15H2,2H3;1H/t13-;/m0./s1. The maximum absolute atomic E-state index is 6.20. The highest BCUT2D eigenvalue weighted by Crippen LogP contribution is 2.26. The number of nitrogens with zero attached hydrogens (tertiary/aromatic N) is 1. The van der Waals surface area contributed by atoms with Gasteiger partial charge in [-0.3, -0.25) is 0 Å². The van der Waals surface area contributed by atoms with E-state index in [4.69, 9.17) is 5.73 Å². The summed E-state index contributed by atoms with van der Waals surface area (Å²) in [5.41, 5.74) is 8.68. The molecule has 0 fully saturated rings. The number of rotatable bonds is 4. The summed E-state index contributed by atoms with van der Waals surface area (Å²) in [7, 11) is 2.06. The molecular formula is C14H19ClN2. The van der Waals surface area contributed by atoms with Crippen LogP contribution < -0.4 is 5.73 Å². The number of hydrogen-bond donors (Lipinski definition) is 1. The molecule has 0 radical (unpaired) electrons. The third kappa shape index (κ3) is 2.71. The van der Waals surface area contributed by atoms with Crippen LogP contribution in [0.3, 0.4) is 0 Å². The number of aryl methyl sites for hydroxylation is 1. The van der Waals surface area contributed by atoms with Crippen LogP contribution >= 0.6 is 12.4 Å². The van der Waals surface area contributed by atoms with E-state index < -0.39 is 0 Å². The van der Waals surface area contributed by atoms with Gasteiger partial charge in [-0.25, -0.2) is 0 Å². The van der Waals surface area contributed by atoms with E-state index in [1.54, 1.807) is 0 Å². The Morgan fingerprint density at radius 3 is 2.82 bits per heavy atom. The van der Waals surface area contributed by atoms with Crippen molar-refractivity contribution >= 4 is 23.3 Å². The summed E-state index contributed by atoms with van der Waals surface area (Å²) < 4.78 is 2.14. The highest BCUT2D eigenvalue weighted by Gasteiger charge is 2.11. The van der Waals surface area contributed by atoms with Crippen LogP contribution in [0.25, 0.3) is 10.9 Å². The van der Waals surface area contributed by atoms with E-state index in [1.807, 2.05) is 6.08 Å². The van der Waals surface area contributed by atoms with Crippen molar-refractivity contribution in [2.75, 3.05) is 0 Å². The number of para-hydroxylation sites is 1. The van der Waals surface area contributed by atoms with E-state index in [2.05, 4.69) is 48.7 Å². The Balaban J connectivity index is 0.00000144. The fourth-order valence-corrected chi connectivity index (χ4v) is 2.12. The molecule has 0 aliphatic carbocycles. The molecule has 2 nitrogen and oxygen atoms in total. The van der Waals surface area contributed by atoms with Gasteiger partial charge in [0.1, 0.15) is 0 Å². The Morgan fingerprint density at radius 1 is 1.41 bits per heavy atom. The second kappa shape index (κ2) is 5.89. The van der Waals surface area contributed by atoms with Gasteiger partial charge < -0.3 is 10.3 Å². The zero-order chi connectivity index (χ0) is 11.5. The fourth-order valence-electron chi connectivity index (χ4n) is 2.12. The van der Waals surface area contributed by atoms with E-state index in [0.717, 1.165) is 12.8 Å². The lowest BCUT2D eigenvalue weighted by atomic mass is 10.0. The van der Waals surface area contributed by atoms with Gasteiger partial charge in [-0.05, 0) is 24.5 Å². The second-order valence-electron chi connectivity index (χ2n) is 4.19. The Morgan fingerprint density at radius 2 is 2.12 bits per heavy atom. The molecule has 0 saturated carbocycles. The van der Waals surface area contributed by atoms with Gasteiger partial charge in [-0.15, -0.1) is 19.0 Å². The molecule has 17 heavy (non-hydrogen) atoms. The molecule has 2 rings (SSSR count). The Labute approximate surface area is 109 Å². The van der Waals surface area contributed by atoms with Crippen LogP contribution in [0.2, 0.25) is 0 Å². The van der Waals surface area contributed by atoms with Crippen molar-refractivity contribution in [2.24, 2.45) is 12.8 Å². The van der Waals surface area contributed by atoms with Gasteiger partial charge in [-0.2, -0.15) is 0 Å². The normalized spacial score (nSPS) is 12.1. The molecule has 1 atom stereocenters. The van der Waals surface area contributed by atoms with Crippen LogP contribution in [0.1, 0.15) is 24.4 Å². The quantitative estimate of drug-likeness (QED) is 0.827. The Bertz CT molecular complexity index is 502. The number of benzene rings is 1. The lowest BCUT2D eigenvalue weighted by Gasteiger charge is -2.08. The van der Waals surface area contributed by atoms with Crippen molar-refractivity contribution in [3.05, 3.63) is 48.7 Å². The second-order valence-corrected chi connectivity index (χ2v) is 4.19. The van der Waals surface area contributed by atoms with Crippen molar-refractivity contribution in [1.29, 1.82) is 0 Å². The van der Waals surface area contributed by atoms with Crippen molar-refractivity contribution in [3.8, 4) is 0 Å². The minimum Gasteiger partial charge on any atom is -0.350 e. The van der Waals surface area contributed by atoms with E-state index in [-0.39, 0.29) is 18.4 Å². The van der Waals surface area contributed by atoms with Gasteiger partial charge in [0.25, 0.3) is 0 Å². The monoisotopic (exact) mass is 250 g/mol. The van der Waals surface area contributed by atoms with E-state index in [9.17, 15) is 0 Å². The third-order valence-corrected chi connectivity index (χ3v) is 3.01. The highest BCUT2D eigenvalue weighted by atomic mass is 35.5. The first-order valence-corrected chi connectivity index (χ1v) is 5.64. The number of aromatic nitrogens is 1. The molecule has 2 N–H and O–H groups in total. The topological polar surface area (TPSA) is 30.9 Å². The Kier molecular flexibility index (Phi) is 4.79. The SMILES string of the molecule is C=CCC[C@H](N)c1cn(C)c2ccccc12.Cl. The molecule has 92 valence electrons. The number of allylic oxidation sites excluding steroid dienone is 1. The summed E-state index contributed by atoms with van der Waals surface area (Å²) in [5.74, 6) is 0. The molecule has 0 unspecified atom stereocenters. The lowest BCUT2D eigenvalue weighted by Crippen LogP contribution is -2.09. The van der Waals surface area contributed by atoms with Crippen LogP contribution in [-0.4, -0.2) is 4.57 Å². The van der Waals surface area contributed by atoms with Gasteiger partial charge in [0.15, 0.2) is 0 Å². The van der Waals surface area contributed by atoms with Crippen LogP contribution in [0.4, 0.5) is 0 Å². The maximum atomic E-state index is 6.20. The summed E-state index contributed by atoms with van der Waals surface area (Å²) in [6, 6.07) is 8.48. The maximum Gasteiger partial charge on any atom is 0.0481 e. The predicted octanol–water partition coefficient (Wildman–Crippen LogP) is 3.57. The molecule has 0 bridgehead atoms. The molecule has 0 saturated heterocycles. The van der Waals surface area contributed by atoms with Gasteiger partial charge in [0, 0.05) is 30.2 Å². The van der Waals surface area contributed by atoms with E-state index in [0.29, 0.717) is 0 Å². The number of nitrogens with two attached hydrogens (primary N) is 1. The van der Waals surface area contributed by atoms with Crippen LogP contribution in [0, 0.1) is 0 Å². The molecule has 2 aromatic rings. The van der Waals surface area contributed by atoms with Crippen LogP contribution in [-0.2, 0) is 7.05 Å². The van der Waals surface area contributed by atoms with Crippen LogP contribution in [0.5, 0.6) is 0 Å². The Hall–Kier alpha value is -1.25. The summed E-state index contributed by atoms with van der Waals surface area (Å²) in [5, 5.41) is 1.27. The van der Waals surface area contributed by atoms with Crippen molar-refractivity contribution in [1.82, 2.24) is 4.57 Å². The predicted molar refractivity (Wildman–Crippen MR) is 76.5 cm³/mol. The largest absolute Gasteiger partial charge is 0.350 e. The average Bonchev–Trinajstić information content (AvgIpc) is 2.65. The first kappa shape index (κ1) is 13.8.